The van der Waals surface area contributed by atoms with Crippen molar-refractivity contribution in [3.63, 3.8) is 0 Å². The van der Waals surface area contributed by atoms with Gasteiger partial charge in [-0.15, -0.1) is 0 Å². The second-order valence-corrected chi connectivity index (χ2v) is 5.53. The molecule has 2 aliphatic heterocycles. The molecule has 0 amide bonds. The number of nitrogens with zero attached hydrogens (tertiary/aromatic N) is 1. The van der Waals surface area contributed by atoms with Gasteiger partial charge in [0.25, 0.3) is 0 Å². The van der Waals surface area contributed by atoms with E-state index in [4.69, 9.17) is 10.5 Å². The highest BCUT2D eigenvalue weighted by molar-refractivity contribution is 5.56. The van der Waals surface area contributed by atoms with Crippen LogP contribution in [0.3, 0.4) is 0 Å². The SMILES string of the molecule is Cc1ccc(N2CC3CCC(C2)O3)c(CCN)c1. The van der Waals surface area contributed by atoms with Gasteiger partial charge in [0.15, 0.2) is 0 Å². The first kappa shape index (κ1) is 12.0. The molecule has 3 heteroatoms. The van der Waals surface area contributed by atoms with E-state index in [1.54, 1.807) is 0 Å². The Hall–Kier alpha value is -1.06. The number of nitrogens with two attached hydrogens (primary N) is 1. The molecule has 0 saturated carbocycles. The van der Waals surface area contributed by atoms with Crippen molar-refractivity contribution in [1.82, 2.24) is 0 Å². The molecule has 1 aromatic carbocycles. The average Bonchev–Trinajstić information content (AvgIpc) is 2.69. The molecule has 18 heavy (non-hydrogen) atoms. The average molecular weight is 246 g/mol. The van der Waals surface area contributed by atoms with E-state index in [9.17, 15) is 0 Å². The molecule has 0 aliphatic carbocycles. The predicted molar refractivity (Wildman–Crippen MR) is 74.0 cm³/mol. The van der Waals surface area contributed by atoms with Crippen molar-refractivity contribution in [2.24, 2.45) is 5.73 Å². The van der Waals surface area contributed by atoms with Crippen LogP contribution in [0.2, 0.25) is 0 Å². The second kappa shape index (κ2) is 4.90. The van der Waals surface area contributed by atoms with E-state index in [0.717, 1.165) is 19.5 Å². The van der Waals surface area contributed by atoms with Gasteiger partial charge in [-0.25, -0.2) is 0 Å². The van der Waals surface area contributed by atoms with Gasteiger partial charge in [0.05, 0.1) is 12.2 Å². The third-order valence-corrected chi connectivity index (χ3v) is 4.03. The van der Waals surface area contributed by atoms with Gasteiger partial charge in [-0.2, -0.15) is 0 Å². The maximum absolute atomic E-state index is 5.91. The van der Waals surface area contributed by atoms with Crippen LogP contribution in [0.25, 0.3) is 0 Å². The van der Waals surface area contributed by atoms with Crippen molar-refractivity contribution in [1.29, 1.82) is 0 Å². The van der Waals surface area contributed by atoms with E-state index < -0.39 is 0 Å². The van der Waals surface area contributed by atoms with Gasteiger partial charge in [0, 0.05) is 18.8 Å². The largest absolute Gasteiger partial charge is 0.371 e. The smallest absolute Gasteiger partial charge is 0.0755 e. The van der Waals surface area contributed by atoms with Gasteiger partial charge >= 0.3 is 0 Å². The number of hydrogen-bond acceptors (Lipinski definition) is 3. The monoisotopic (exact) mass is 246 g/mol. The standard InChI is InChI=1S/C15H22N2O/c1-11-2-5-15(12(8-11)6-7-16)17-9-13-3-4-14(10-17)18-13/h2,5,8,13-14H,3-4,6-7,9-10,16H2,1H3. The van der Waals surface area contributed by atoms with Crippen LogP contribution in [0.1, 0.15) is 24.0 Å². The van der Waals surface area contributed by atoms with Crippen LogP contribution in [0.4, 0.5) is 5.69 Å². The third-order valence-electron chi connectivity index (χ3n) is 4.03. The van der Waals surface area contributed by atoms with Crippen molar-refractivity contribution in [3.05, 3.63) is 29.3 Å². The molecule has 0 aromatic heterocycles. The first-order chi connectivity index (χ1) is 8.76. The van der Waals surface area contributed by atoms with Crippen LogP contribution in [0, 0.1) is 6.92 Å². The number of aryl methyl sites for hydroxylation is 1. The van der Waals surface area contributed by atoms with Gasteiger partial charge < -0.3 is 15.4 Å². The normalized spacial score (nSPS) is 26.7. The fraction of sp³-hybridized carbons (Fsp3) is 0.600. The van der Waals surface area contributed by atoms with Crippen LogP contribution in [0.5, 0.6) is 0 Å². The molecule has 2 aliphatic rings. The summed E-state index contributed by atoms with van der Waals surface area (Å²) in [6.45, 7) is 4.94. The van der Waals surface area contributed by atoms with Crippen molar-refractivity contribution in [3.8, 4) is 0 Å². The minimum Gasteiger partial charge on any atom is -0.371 e. The van der Waals surface area contributed by atoms with Crippen molar-refractivity contribution >= 4 is 5.69 Å². The zero-order valence-corrected chi connectivity index (χ0v) is 11.1. The van der Waals surface area contributed by atoms with Gasteiger partial charge in [0.1, 0.15) is 0 Å². The summed E-state index contributed by atoms with van der Waals surface area (Å²) in [4.78, 5) is 2.50. The summed E-state index contributed by atoms with van der Waals surface area (Å²) in [6, 6.07) is 6.73. The Labute approximate surface area is 109 Å². The molecular formula is C15H22N2O. The van der Waals surface area contributed by atoms with Crippen LogP contribution >= 0.6 is 0 Å². The summed E-state index contributed by atoms with van der Waals surface area (Å²) in [5, 5.41) is 0. The molecule has 2 heterocycles. The molecule has 2 bridgehead atoms. The highest BCUT2D eigenvalue weighted by Crippen LogP contribution is 2.31. The Morgan fingerprint density at radius 1 is 1.28 bits per heavy atom. The Kier molecular flexibility index (Phi) is 3.27. The molecule has 2 fully saturated rings. The summed E-state index contributed by atoms with van der Waals surface area (Å²) < 4.78 is 5.91. The van der Waals surface area contributed by atoms with E-state index in [0.29, 0.717) is 18.8 Å². The lowest BCUT2D eigenvalue weighted by Gasteiger charge is -2.35. The molecule has 3 rings (SSSR count). The van der Waals surface area contributed by atoms with E-state index in [-0.39, 0.29) is 0 Å². The Morgan fingerprint density at radius 2 is 2.00 bits per heavy atom. The number of morpholine rings is 1. The fourth-order valence-corrected chi connectivity index (χ4v) is 3.19. The number of rotatable bonds is 3. The molecular weight excluding hydrogens is 224 g/mol. The molecule has 1 aromatic rings. The maximum atomic E-state index is 5.91. The molecule has 2 saturated heterocycles. The summed E-state index contributed by atoms with van der Waals surface area (Å²) in [6.07, 6.45) is 4.29. The molecule has 2 N–H and O–H groups in total. The van der Waals surface area contributed by atoms with Crippen LogP contribution < -0.4 is 10.6 Å². The number of benzene rings is 1. The number of fused-ring (bicyclic) bond motifs is 2. The number of anilines is 1. The molecule has 2 atom stereocenters. The summed E-state index contributed by atoms with van der Waals surface area (Å²) in [7, 11) is 0. The van der Waals surface area contributed by atoms with Crippen LogP contribution in [-0.4, -0.2) is 31.8 Å². The zero-order valence-electron chi connectivity index (χ0n) is 11.1. The lowest BCUT2D eigenvalue weighted by Crippen LogP contribution is -2.43. The lowest BCUT2D eigenvalue weighted by molar-refractivity contribution is 0.0304. The minimum atomic E-state index is 0.441. The van der Waals surface area contributed by atoms with Gasteiger partial charge in [-0.1, -0.05) is 17.7 Å². The molecule has 3 nitrogen and oxygen atoms in total. The topological polar surface area (TPSA) is 38.5 Å². The molecule has 0 radical (unpaired) electrons. The summed E-state index contributed by atoms with van der Waals surface area (Å²) in [5.74, 6) is 0. The number of hydrogen-bond donors (Lipinski definition) is 1. The minimum absolute atomic E-state index is 0.441. The Bertz CT molecular complexity index is 421. The highest BCUT2D eigenvalue weighted by Gasteiger charge is 2.34. The van der Waals surface area contributed by atoms with Crippen LogP contribution in [-0.2, 0) is 11.2 Å². The van der Waals surface area contributed by atoms with Crippen molar-refractivity contribution in [2.75, 3.05) is 24.5 Å². The van der Waals surface area contributed by atoms with Crippen molar-refractivity contribution in [2.45, 2.75) is 38.4 Å². The van der Waals surface area contributed by atoms with E-state index >= 15 is 0 Å². The summed E-state index contributed by atoms with van der Waals surface area (Å²) in [5.41, 5.74) is 9.81. The Morgan fingerprint density at radius 3 is 2.67 bits per heavy atom. The lowest BCUT2D eigenvalue weighted by atomic mass is 10.0. The molecule has 0 spiro atoms. The zero-order chi connectivity index (χ0) is 12.5. The second-order valence-electron chi connectivity index (χ2n) is 5.53. The van der Waals surface area contributed by atoms with E-state index in [1.165, 1.54) is 29.7 Å². The number of ether oxygens (including phenoxy) is 1. The first-order valence-corrected chi connectivity index (χ1v) is 6.96. The fourth-order valence-electron chi connectivity index (χ4n) is 3.19. The summed E-state index contributed by atoms with van der Waals surface area (Å²) >= 11 is 0. The van der Waals surface area contributed by atoms with E-state index in [1.807, 2.05) is 0 Å². The maximum Gasteiger partial charge on any atom is 0.0755 e. The van der Waals surface area contributed by atoms with E-state index in [2.05, 4.69) is 30.0 Å². The third kappa shape index (κ3) is 2.25. The van der Waals surface area contributed by atoms with Crippen LogP contribution in [0.15, 0.2) is 18.2 Å². The first-order valence-electron chi connectivity index (χ1n) is 6.96. The Balaban J connectivity index is 1.86. The van der Waals surface area contributed by atoms with Gasteiger partial charge in [0.2, 0.25) is 0 Å². The molecule has 98 valence electrons. The van der Waals surface area contributed by atoms with Crippen molar-refractivity contribution < 1.29 is 4.74 Å². The van der Waals surface area contributed by atoms with Gasteiger partial charge in [-0.05, 0) is 44.4 Å². The van der Waals surface area contributed by atoms with Gasteiger partial charge in [-0.3, -0.25) is 0 Å². The highest BCUT2D eigenvalue weighted by atomic mass is 16.5. The predicted octanol–water partition coefficient (Wildman–Crippen LogP) is 1.86. The quantitative estimate of drug-likeness (QED) is 0.885. The molecule has 2 unspecified atom stereocenters.